The van der Waals surface area contributed by atoms with Gasteiger partial charge in [-0.2, -0.15) is 0 Å². The van der Waals surface area contributed by atoms with Crippen LogP contribution in [0.2, 0.25) is 0 Å². The molecule has 1 saturated carbocycles. The van der Waals surface area contributed by atoms with Crippen LogP contribution in [0.15, 0.2) is 0 Å². The van der Waals surface area contributed by atoms with Gasteiger partial charge in [-0.1, -0.05) is 20.8 Å². The minimum atomic E-state index is -0.628. The van der Waals surface area contributed by atoms with Gasteiger partial charge in [-0.3, -0.25) is 4.79 Å². The zero-order valence-corrected chi connectivity index (χ0v) is 12.0. The van der Waals surface area contributed by atoms with Gasteiger partial charge in [0.1, 0.15) is 0 Å². The summed E-state index contributed by atoms with van der Waals surface area (Å²) in [5, 5.41) is 8.95. The van der Waals surface area contributed by atoms with Gasteiger partial charge in [-0.15, -0.1) is 0 Å². The molecule has 1 heterocycles. The molecular formula is C15H27NO2. The minimum absolute atomic E-state index is 0.125. The van der Waals surface area contributed by atoms with E-state index in [2.05, 4.69) is 25.7 Å². The van der Waals surface area contributed by atoms with E-state index < -0.39 is 5.97 Å². The Morgan fingerprint density at radius 3 is 2.22 bits per heavy atom. The largest absolute Gasteiger partial charge is 0.481 e. The van der Waals surface area contributed by atoms with Crippen LogP contribution in [0.3, 0.4) is 0 Å². The summed E-state index contributed by atoms with van der Waals surface area (Å²) in [6, 6.07) is 0. The van der Waals surface area contributed by atoms with Gasteiger partial charge in [0.15, 0.2) is 0 Å². The Bertz CT molecular complexity index is 307. The third-order valence-corrected chi connectivity index (χ3v) is 4.85. The Hall–Kier alpha value is -0.570. The lowest BCUT2D eigenvalue weighted by atomic mass is 9.75. The molecule has 1 saturated heterocycles. The van der Waals surface area contributed by atoms with Crippen molar-refractivity contribution in [3.63, 3.8) is 0 Å². The molecule has 0 aromatic rings. The van der Waals surface area contributed by atoms with Gasteiger partial charge in [0, 0.05) is 6.54 Å². The maximum Gasteiger partial charge on any atom is 0.303 e. The molecule has 3 heteroatoms. The van der Waals surface area contributed by atoms with Crippen LogP contribution < -0.4 is 0 Å². The molecular weight excluding hydrogens is 226 g/mol. The molecule has 1 N–H and O–H groups in total. The topological polar surface area (TPSA) is 40.5 Å². The zero-order chi connectivity index (χ0) is 13.4. The first-order valence-corrected chi connectivity index (χ1v) is 7.25. The number of carbonyl (C=O) groups is 1. The Morgan fingerprint density at radius 2 is 1.83 bits per heavy atom. The lowest BCUT2D eigenvalue weighted by Gasteiger charge is -2.39. The van der Waals surface area contributed by atoms with Crippen LogP contribution in [0, 0.1) is 16.7 Å². The molecule has 0 atom stereocenters. The van der Waals surface area contributed by atoms with Crippen LogP contribution in [0.5, 0.6) is 0 Å². The van der Waals surface area contributed by atoms with E-state index in [1.807, 2.05) is 0 Å². The number of likely N-dealkylation sites (tertiary alicyclic amines) is 1. The van der Waals surface area contributed by atoms with Gasteiger partial charge in [-0.05, 0) is 55.5 Å². The van der Waals surface area contributed by atoms with Crippen molar-refractivity contribution in [2.75, 3.05) is 19.6 Å². The van der Waals surface area contributed by atoms with Gasteiger partial charge in [0.25, 0.3) is 0 Å². The molecule has 2 rings (SSSR count). The van der Waals surface area contributed by atoms with Crippen molar-refractivity contribution in [3.05, 3.63) is 0 Å². The van der Waals surface area contributed by atoms with Crippen LogP contribution in [0.25, 0.3) is 0 Å². The number of piperidine rings is 1. The highest BCUT2D eigenvalue weighted by Crippen LogP contribution is 2.50. The second-order valence-electron chi connectivity index (χ2n) is 7.49. The Morgan fingerprint density at radius 1 is 1.28 bits per heavy atom. The second kappa shape index (κ2) is 4.84. The highest BCUT2D eigenvalue weighted by Gasteiger charge is 2.46. The van der Waals surface area contributed by atoms with Crippen molar-refractivity contribution in [2.45, 2.75) is 52.9 Å². The number of nitrogens with zero attached hydrogens (tertiary/aromatic N) is 1. The van der Waals surface area contributed by atoms with Gasteiger partial charge in [0.05, 0.1) is 6.42 Å². The monoisotopic (exact) mass is 253 g/mol. The molecule has 2 aliphatic rings. The van der Waals surface area contributed by atoms with Gasteiger partial charge in [0.2, 0.25) is 0 Å². The van der Waals surface area contributed by atoms with E-state index in [-0.39, 0.29) is 5.41 Å². The predicted molar refractivity (Wildman–Crippen MR) is 72.5 cm³/mol. The number of hydrogen-bond donors (Lipinski definition) is 1. The number of rotatable bonds is 4. The van der Waals surface area contributed by atoms with Gasteiger partial charge in [-0.25, -0.2) is 0 Å². The van der Waals surface area contributed by atoms with Crippen LogP contribution in [0.4, 0.5) is 0 Å². The molecule has 0 aromatic heterocycles. The first kappa shape index (κ1) is 13.9. The summed E-state index contributed by atoms with van der Waals surface area (Å²) >= 11 is 0. The smallest absolute Gasteiger partial charge is 0.303 e. The fourth-order valence-corrected chi connectivity index (χ4v) is 3.32. The molecule has 1 aliphatic heterocycles. The predicted octanol–water partition coefficient (Wildman–Crippen LogP) is 3.00. The molecule has 1 aliphatic carbocycles. The fourth-order valence-electron chi connectivity index (χ4n) is 3.32. The number of carboxylic acids is 1. The van der Waals surface area contributed by atoms with E-state index in [1.165, 1.54) is 12.8 Å². The van der Waals surface area contributed by atoms with Crippen molar-refractivity contribution < 1.29 is 9.90 Å². The molecule has 0 amide bonds. The molecule has 18 heavy (non-hydrogen) atoms. The summed E-state index contributed by atoms with van der Waals surface area (Å²) in [6.07, 6.45) is 5.13. The normalized spacial score (nSPS) is 25.1. The summed E-state index contributed by atoms with van der Waals surface area (Å²) in [6.45, 7) is 10.3. The van der Waals surface area contributed by atoms with Crippen LogP contribution in [-0.4, -0.2) is 35.6 Å². The first-order valence-electron chi connectivity index (χ1n) is 7.25. The first-order chi connectivity index (χ1) is 8.31. The maximum atomic E-state index is 10.9. The number of hydrogen-bond acceptors (Lipinski definition) is 2. The van der Waals surface area contributed by atoms with E-state index in [1.54, 1.807) is 0 Å². The van der Waals surface area contributed by atoms with E-state index in [9.17, 15) is 4.79 Å². The summed E-state index contributed by atoms with van der Waals surface area (Å²) in [5.41, 5.74) is 0.546. The Balaban J connectivity index is 1.79. The molecule has 3 nitrogen and oxygen atoms in total. The van der Waals surface area contributed by atoms with E-state index in [0.29, 0.717) is 11.8 Å². The summed E-state index contributed by atoms with van der Waals surface area (Å²) < 4.78 is 0. The lowest BCUT2D eigenvalue weighted by molar-refractivity contribution is -0.138. The Labute approximate surface area is 111 Å². The fraction of sp³-hybridized carbons (Fsp3) is 0.933. The molecule has 104 valence electrons. The molecule has 0 unspecified atom stereocenters. The average Bonchev–Trinajstić information content (AvgIpc) is 2.96. The highest BCUT2D eigenvalue weighted by molar-refractivity contribution is 5.68. The standard InChI is InChI=1S/C15H27NO2/c1-14(2,3)12-4-8-16(9-5-12)11-15(6-7-15)10-13(17)18/h12H,4-11H2,1-3H3,(H,17,18). The number of aliphatic carboxylic acids is 1. The van der Waals surface area contributed by atoms with Crippen LogP contribution in [0.1, 0.15) is 52.9 Å². The van der Waals surface area contributed by atoms with Gasteiger partial charge >= 0.3 is 5.97 Å². The van der Waals surface area contributed by atoms with Crippen molar-refractivity contribution in [2.24, 2.45) is 16.7 Å². The molecule has 0 bridgehead atoms. The average molecular weight is 253 g/mol. The SMILES string of the molecule is CC(C)(C)C1CCN(CC2(CC(=O)O)CC2)CC1. The second-order valence-corrected chi connectivity index (χ2v) is 7.49. The van der Waals surface area contributed by atoms with E-state index >= 15 is 0 Å². The van der Waals surface area contributed by atoms with Crippen molar-refractivity contribution in [1.29, 1.82) is 0 Å². The third-order valence-electron chi connectivity index (χ3n) is 4.85. The zero-order valence-electron chi connectivity index (χ0n) is 12.0. The van der Waals surface area contributed by atoms with Crippen molar-refractivity contribution in [1.82, 2.24) is 4.90 Å². The minimum Gasteiger partial charge on any atom is -0.481 e. The highest BCUT2D eigenvalue weighted by atomic mass is 16.4. The quantitative estimate of drug-likeness (QED) is 0.837. The van der Waals surface area contributed by atoms with Crippen LogP contribution >= 0.6 is 0 Å². The van der Waals surface area contributed by atoms with Crippen molar-refractivity contribution >= 4 is 5.97 Å². The molecule has 0 radical (unpaired) electrons. The molecule has 0 aromatic carbocycles. The Kier molecular flexibility index (Phi) is 3.72. The summed E-state index contributed by atoms with van der Waals surface area (Å²) in [5.74, 6) is 0.195. The summed E-state index contributed by atoms with van der Waals surface area (Å²) in [7, 11) is 0. The molecule has 0 spiro atoms. The van der Waals surface area contributed by atoms with E-state index in [0.717, 1.165) is 38.4 Å². The third kappa shape index (κ3) is 3.47. The van der Waals surface area contributed by atoms with Gasteiger partial charge < -0.3 is 10.0 Å². The van der Waals surface area contributed by atoms with E-state index in [4.69, 9.17) is 5.11 Å². The van der Waals surface area contributed by atoms with Crippen molar-refractivity contribution in [3.8, 4) is 0 Å². The molecule has 2 fully saturated rings. The lowest BCUT2D eigenvalue weighted by Crippen LogP contribution is -2.41. The van der Waals surface area contributed by atoms with Crippen LogP contribution in [-0.2, 0) is 4.79 Å². The number of carboxylic acid groups (broad SMARTS) is 1. The maximum absolute atomic E-state index is 10.9. The summed E-state index contributed by atoms with van der Waals surface area (Å²) in [4.78, 5) is 13.4.